The molecule has 0 bridgehead atoms. The molecule has 2 N–H and O–H groups in total. The van der Waals surface area contributed by atoms with Gasteiger partial charge in [0.05, 0.1) is 12.4 Å². The van der Waals surface area contributed by atoms with E-state index in [4.69, 9.17) is 16.7 Å². The molecule has 6 nitrogen and oxygen atoms in total. The number of nitrogens with one attached hydrogen (secondary N) is 1. The quantitative estimate of drug-likeness (QED) is 0.726. The molecule has 1 aromatic rings. The largest absolute Gasteiger partial charge is 0.396 e. The third kappa shape index (κ3) is 4.49. The highest BCUT2D eigenvalue weighted by molar-refractivity contribution is 7.89. The van der Waals surface area contributed by atoms with Crippen LogP contribution in [0.1, 0.15) is 19.8 Å². The summed E-state index contributed by atoms with van der Waals surface area (Å²) < 4.78 is 26.2. The van der Waals surface area contributed by atoms with E-state index in [-0.39, 0.29) is 29.2 Å². The van der Waals surface area contributed by atoms with Gasteiger partial charge in [0.2, 0.25) is 15.3 Å². The van der Waals surface area contributed by atoms with Gasteiger partial charge in [-0.15, -0.1) is 0 Å². The summed E-state index contributed by atoms with van der Waals surface area (Å²) in [4.78, 5) is 7.23. The lowest BCUT2D eigenvalue weighted by Gasteiger charge is -2.14. The first-order chi connectivity index (χ1) is 8.49. The highest BCUT2D eigenvalue weighted by Crippen LogP contribution is 2.10. The Morgan fingerprint density at radius 2 is 2.06 bits per heavy atom. The van der Waals surface area contributed by atoms with E-state index >= 15 is 0 Å². The van der Waals surface area contributed by atoms with Crippen LogP contribution in [-0.4, -0.2) is 36.6 Å². The normalized spacial score (nSPS) is 13.5. The maximum atomic E-state index is 11.9. The fourth-order valence-electron chi connectivity index (χ4n) is 1.38. The van der Waals surface area contributed by atoms with Crippen LogP contribution in [0.3, 0.4) is 0 Å². The molecule has 0 amide bonds. The van der Waals surface area contributed by atoms with Crippen LogP contribution >= 0.6 is 11.6 Å². The third-order valence-electron chi connectivity index (χ3n) is 2.58. The minimum Gasteiger partial charge on any atom is -0.396 e. The first-order valence-electron chi connectivity index (χ1n) is 5.57. The Hall–Kier alpha value is -0.760. The number of nitrogens with zero attached hydrogens (tertiary/aromatic N) is 2. The minimum absolute atomic E-state index is 0.000616. The average Bonchev–Trinajstić information content (AvgIpc) is 2.35. The number of aliphatic hydroxyl groups is 1. The van der Waals surface area contributed by atoms with Crippen molar-refractivity contribution in [3.05, 3.63) is 17.7 Å². The maximum Gasteiger partial charge on any atom is 0.243 e. The second-order valence-corrected chi connectivity index (χ2v) is 5.93. The van der Waals surface area contributed by atoms with E-state index in [0.717, 1.165) is 18.8 Å². The van der Waals surface area contributed by atoms with Gasteiger partial charge in [-0.05, 0) is 23.9 Å². The molecule has 0 saturated heterocycles. The number of sulfonamides is 1. The number of rotatable bonds is 7. The van der Waals surface area contributed by atoms with E-state index in [1.54, 1.807) is 0 Å². The molecule has 1 aromatic heterocycles. The Kier molecular flexibility index (Phi) is 5.94. The summed E-state index contributed by atoms with van der Waals surface area (Å²) in [5, 5.41) is 8.83. The molecule has 1 rings (SSSR count). The van der Waals surface area contributed by atoms with E-state index in [0.29, 0.717) is 6.42 Å². The van der Waals surface area contributed by atoms with Crippen LogP contribution in [0.5, 0.6) is 0 Å². The predicted octanol–water partition coefficient (Wildman–Crippen LogP) is 0.817. The zero-order valence-electron chi connectivity index (χ0n) is 10.0. The Morgan fingerprint density at radius 3 is 2.56 bits per heavy atom. The second-order valence-electron chi connectivity index (χ2n) is 3.83. The Balaban J connectivity index is 2.67. The van der Waals surface area contributed by atoms with Crippen molar-refractivity contribution in [1.82, 2.24) is 14.7 Å². The van der Waals surface area contributed by atoms with Gasteiger partial charge in [0, 0.05) is 13.2 Å². The van der Waals surface area contributed by atoms with Crippen molar-refractivity contribution in [1.29, 1.82) is 0 Å². The van der Waals surface area contributed by atoms with Crippen molar-refractivity contribution < 1.29 is 13.5 Å². The summed E-state index contributed by atoms with van der Waals surface area (Å²) in [5.41, 5.74) is 0. The van der Waals surface area contributed by atoms with Crippen LogP contribution in [0.15, 0.2) is 17.3 Å². The maximum absolute atomic E-state index is 11.9. The highest BCUT2D eigenvalue weighted by atomic mass is 35.5. The molecule has 1 heterocycles. The zero-order valence-corrected chi connectivity index (χ0v) is 11.6. The van der Waals surface area contributed by atoms with Crippen molar-refractivity contribution in [2.75, 3.05) is 13.2 Å². The molecule has 1 atom stereocenters. The molecular weight excluding hydrogens is 278 g/mol. The molecule has 0 aromatic carbocycles. The Bertz CT molecular complexity index is 464. The molecule has 0 aliphatic carbocycles. The van der Waals surface area contributed by atoms with E-state index in [2.05, 4.69) is 14.7 Å². The summed E-state index contributed by atoms with van der Waals surface area (Å²) in [6.45, 7) is 2.27. The first-order valence-corrected chi connectivity index (χ1v) is 7.43. The monoisotopic (exact) mass is 293 g/mol. The standard InChI is InChI=1S/C10H16ClN3O3S/c1-2-8(3-4-15)5-14-18(16,17)9-6-12-10(11)13-7-9/h6-8,14-15H,2-5H2,1H3. The minimum atomic E-state index is -3.62. The van der Waals surface area contributed by atoms with Crippen molar-refractivity contribution in [2.45, 2.75) is 24.7 Å². The summed E-state index contributed by atoms with van der Waals surface area (Å²) in [6.07, 6.45) is 3.67. The molecule has 0 saturated carbocycles. The van der Waals surface area contributed by atoms with Gasteiger partial charge < -0.3 is 5.11 Å². The second kappa shape index (κ2) is 6.98. The average molecular weight is 294 g/mol. The highest BCUT2D eigenvalue weighted by Gasteiger charge is 2.17. The van der Waals surface area contributed by atoms with Gasteiger partial charge in [0.1, 0.15) is 4.90 Å². The number of aliphatic hydroxyl groups excluding tert-OH is 1. The van der Waals surface area contributed by atoms with Gasteiger partial charge in [-0.25, -0.2) is 23.1 Å². The smallest absolute Gasteiger partial charge is 0.243 e. The van der Waals surface area contributed by atoms with E-state index < -0.39 is 10.0 Å². The van der Waals surface area contributed by atoms with E-state index in [1.165, 1.54) is 0 Å². The molecule has 1 unspecified atom stereocenters. The van der Waals surface area contributed by atoms with Crippen molar-refractivity contribution in [3.63, 3.8) is 0 Å². The van der Waals surface area contributed by atoms with Crippen LogP contribution in [0.2, 0.25) is 5.28 Å². The molecular formula is C10H16ClN3O3S. The molecule has 0 aliphatic heterocycles. The topological polar surface area (TPSA) is 92.2 Å². The zero-order chi connectivity index (χ0) is 13.6. The summed E-state index contributed by atoms with van der Waals surface area (Å²) in [7, 11) is -3.62. The fraction of sp³-hybridized carbons (Fsp3) is 0.600. The number of hydrogen-bond acceptors (Lipinski definition) is 5. The van der Waals surface area contributed by atoms with Gasteiger partial charge in [0.25, 0.3) is 0 Å². The van der Waals surface area contributed by atoms with Gasteiger partial charge in [-0.1, -0.05) is 13.3 Å². The molecule has 18 heavy (non-hydrogen) atoms. The number of aromatic nitrogens is 2. The van der Waals surface area contributed by atoms with Crippen molar-refractivity contribution in [3.8, 4) is 0 Å². The molecule has 102 valence electrons. The Labute approximate surface area is 111 Å². The van der Waals surface area contributed by atoms with Gasteiger partial charge in [-0.2, -0.15) is 0 Å². The summed E-state index contributed by atoms with van der Waals surface area (Å²) in [5.74, 6) is 0.109. The number of hydrogen-bond donors (Lipinski definition) is 2. The van der Waals surface area contributed by atoms with Crippen LogP contribution in [0, 0.1) is 5.92 Å². The van der Waals surface area contributed by atoms with Crippen LogP contribution in [-0.2, 0) is 10.0 Å². The molecule has 0 aliphatic rings. The van der Waals surface area contributed by atoms with Crippen LogP contribution in [0.4, 0.5) is 0 Å². The van der Waals surface area contributed by atoms with E-state index in [9.17, 15) is 8.42 Å². The van der Waals surface area contributed by atoms with Crippen molar-refractivity contribution in [2.24, 2.45) is 5.92 Å². The third-order valence-corrected chi connectivity index (χ3v) is 4.16. The summed E-state index contributed by atoms with van der Waals surface area (Å²) in [6, 6.07) is 0. The van der Waals surface area contributed by atoms with Gasteiger partial charge in [0.15, 0.2) is 0 Å². The van der Waals surface area contributed by atoms with Gasteiger partial charge in [-0.3, -0.25) is 0 Å². The molecule has 0 fully saturated rings. The van der Waals surface area contributed by atoms with E-state index in [1.807, 2.05) is 6.92 Å². The summed E-state index contributed by atoms with van der Waals surface area (Å²) >= 11 is 5.49. The van der Waals surface area contributed by atoms with Crippen LogP contribution in [0.25, 0.3) is 0 Å². The number of halogens is 1. The van der Waals surface area contributed by atoms with Gasteiger partial charge >= 0.3 is 0 Å². The fourth-order valence-corrected chi connectivity index (χ4v) is 2.49. The molecule has 0 radical (unpaired) electrons. The SMILES string of the molecule is CCC(CCO)CNS(=O)(=O)c1cnc(Cl)nc1. The molecule has 8 heteroatoms. The Morgan fingerprint density at radius 1 is 1.44 bits per heavy atom. The lowest BCUT2D eigenvalue weighted by Crippen LogP contribution is -2.29. The lowest BCUT2D eigenvalue weighted by atomic mass is 10.0. The lowest BCUT2D eigenvalue weighted by molar-refractivity contribution is 0.254. The first kappa shape index (κ1) is 15.3. The predicted molar refractivity (Wildman–Crippen MR) is 67.7 cm³/mol. The molecule has 0 spiro atoms. The van der Waals surface area contributed by atoms with Crippen LogP contribution < -0.4 is 4.72 Å². The van der Waals surface area contributed by atoms with Crippen molar-refractivity contribution >= 4 is 21.6 Å².